The first-order valence-corrected chi connectivity index (χ1v) is 8.27. The lowest BCUT2D eigenvalue weighted by molar-refractivity contribution is 0.0700. The Hall–Kier alpha value is -0.660. The molecule has 1 aliphatic rings. The average Bonchev–Trinajstić information content (AvgIpc) is 2.47. The standard InChI is InChI=1S/C13H19ClN2O3S/c1-11(12-3-5-13(14)6-4-12)15(2)20(17,18)16-7-9-19-10-8-16/h3-6,11H,7-10H2,1-2H3/t11-/m0/s1. The topological polar surface area (TPSA) is 49.9 Å². The molecule has 20 heavy (non-hydrogen) atoms. The summed E-state index contributed by atoms with van der Waals surface area (Å²) >= 11 is 5.85. The van der Waals surface area contributed by atoms with Crippen LogP contribution in [0.1, 0.15) is 18.5 Å². The van der Waals surface area contributed by atoms with E-state index in [1.165, 1.54) is 8.61 Å². The van der Waals surface area contributed by atoms with Crippen molar-refractivity contribution in [3.63, 3.8) is 0 Å². The number of hydrogen-bond donors (Lipinski definition) is 0. The molecule has 0 unspecified atom stereocenters. The van der Waals surface area contributed by atoms with E-state index in [1.54, 1.807) is 19.2 Å². The molecular formula is C13H19ClN2O3S. The maximum absolute atomic E-state index is 12.5. The Labute approximate surface area is 125 Å². The molecule has 0 bridgehead atoms. The lowest BCUT2D eigenvalue weighted by Crippen LogP contribution is -2.47. The van der Waals surface area contributed by atoms with Crippen molar-refractivity contribution in [2.45, 2.75) is 13.0 Å². The van der Waals surface area contributed by atoms with Gasteiger partial charge in [0, 0.05) is 31.2 Å². The summed E-state index contributed by atoms with van der Waals surface area (Å²) in [7, 11) is -1.86. The normalized spacial score (nSPS) is 19.2. The maximum atomic E-state index is 12.5. The molecule has 1 heterocycles. The number of ether oxygens (including phenoxy) is 1. The Morgan fingerprint density at radius 1 is 1.25 bits per heavy atom. The van der Waals surface area contributed by atoms with Crippen molar-refractivity contribution in [3.8, 4) is 0 Å². The molecule has 0 amide bonds. The summed E-state index contributed by atoms with van der Waals surface area (Å²) in [5, 5.41) is 0.639. The number of hydrogen-bond acceptors (Lipinski definition) is 3. The van der Waals surface area contributed by atoms with Crippen LogP contribution in [0.4, 0.5) is 0 Å². The van der Waals surface area contributed by atoms with Gasteiger partial charge >= 0.3 is 0 Å². The third-order valence-electron chi connectivity index (χ3n) is 3.56. The minimum atomic E-state index is -3.47. The number of rotatable bonds is 4. The van der Waals surface area contributed by atoms with E-state index in [4.69, 9.17) is 16.3 Å². The second kappa shape index (κ2) is 6.41. The smallest absolute Gasteiger partial charge is 0.282 e. The molecule has 1 fully saturated rings. The van der Waals surface area contributed by atoms with Gasteiger partial charge in [0.1, 0.15) is 0 Å². The minimum Gasteiger partial charge on any atom is -0.379 e. The first-order chi connectivity index (χ1) is 9.43. The van der Waals surface area contributed by atoms with Gasteiger partial charge < -0.3 is 4.74 Å². The molecule has 7 heteroatoms. The van der Waals surface area contributed by atoms with E-state index in [0.717, 1.165) is 5.56 Å². The molecule has 0 N–H and O–H groups in total. The van der Waals surface area contributed by atoms with Gasteiger partial charge in [0.05, 0.1) is 13.2 Å². The van der Waals surface area contributed by atoms with E-state index in [2.05, 4.69) is 0 Å². The van der Waals surface area contributed by atoms with Gasteiger partial charge in [-0.3, -0.25) is 0 Å². The SMILES string of the molecule is C[C@@H](c1ccc(Cl)cc1)N(C)S(=O)(=O)N1CCOCC1. The molecule has 0 aliphatic carbocycles. The lowest BCUT2D eigenvalue weighted by Gasteiger charge is -2.33. The Kier molecular flexibility index (Phi) is 5.04. The van der Waals surface area contributed by atoms with Crippen molar-refractivity contribution in [2.75, 3.05) is 33.4 Å². The average molecular weight is 319 g/mol. The third-order valence-corrected chi connectivity index (χ3v) is 5.87. The molecule has 112 valence electrons. The van der Waals surface area contributed by atoms with Gasteiger partial charge in [-0.1, -0.05) is 23.7 Å². The molecule has 1 saturated heterocycles. The summed E-state index contributed by atoms with van der Waals surface area (Å²) in [4.78, 5) is 0. The fourth-order valence-electron chi connectivity index (χ4n) is 2.11. The molecule has 1 atom stereocenters. The van der Waals surface area contributed by atoms with Crippen LogP contribution in [0.25, 0.3) is 0 Å². The number of nitrogens with zero attached hydrogens (tertiary/aromatic N) is 2. The highest BCUT2D eigenvalue weighted by Crippen LogP contribution is 2.24. The lowest BCUT2D eigenvalue weighted by atomic mass is 10.1. The second-order valence-electron chi connectivity index (χ2n) is 4.76. The molecule has 1 aromatic carbocycles. The molecular weight excluding hydrogens is 300 g/mol. The summed E-state index contributed by atoms with van der Waals surface area (Å²) in [5.41, 5.74) is 0.911. The van der Waals surface area contributed by atoms with Gasteiger partial charge in [-0.2, -0.15) is 17.0 Å². The summed E-state index contributed by atoms with van der Waals surface area (Å²) < 4.78 is 33.1. The molecule has 0 radical (unpaired) electrons. The summed E-state index contributed by atoms with van der Waals surface area (Å²) in [6.07, 6.45) is 0. The van der Waals surface area contributed by atoms with Crippen LogP contribution >= 0.6 is 11.6 Å². The highest BCUT2D eigenvalue weighted by atomic mass is 35.5. The third kappa shape index (κ3) is 3.32. The van der Waals surface area contributed by atoms with Gasteiger partial charge in [0.15, 0.2) is 0 Å². The molecule has 0 saturated carbocycles. The number of halogens is 1. The Morgan fingerprint density at radius 3 is 2.35 bits per heavy atom. The monoisotopic (exact) mass is 318 g/mol. The summed E-state index contributed by atoms with van der Waals surface area (Å²) in [5.74, 6) is 0. The van der Waals surface area contributed by atoms with E-state index < -0.39 is 10.2 Å². The van der Waals surface area contributed by atoms with Crippen molar-refractivity contribution in [3.05, 3.63) is 34.9 Å². The Bertz CT molecular complexity index is 541. The summed E-state index contributed by atoms with van der Waals surface area (Å²) in [6.45, 7) is 3.56. The van der Waals surface area contributed by atoms with E-state index in [9.17, 15) is 8.42 Å². The zero-order valence-corrected chi connectivity index (χ0v) is 13.2. The Balaban J connectivity index is 2.16. The van der Waals surface area contributed by atoms with Crippen LogP contribution in [-0.2, 0) is 14.9 Å². The highest BCUT2D eigenvalue weighted by Gasteiger charge is 2.31. The fourth-order valence-corrected chi connectivity index (χ4v) is 3.73. The Morgan fingerprint density at radius 2 is 1.80 bits per heavy atom. The zero-order chi connectivity index (χ0) is 14.8. The van der Waals surface area contributed by atoms with Crippen LogP contribution < -0.4 is 0 Å². The van der Waals surface area contributed by atoms with Crippen molar-refractivity contribution in [2.24, 2.45) is 0 Å². The van der Waals surface area contributed by atoms with Gasteiger partial charge in [-0.15, -0.1) is 0 Å². The highest BCUT2D eigenvalue weighted by molar-refractivity contribution is 7.86. The van der Waals surface area contributed by atoms with Crippen LogP contribution in [-0.4, -0.2) is 50.4 Å². The molecule has 1 aliphatic heterocycles. The fraction of sp³-hybridized carbons (Fsp3) is 0.538. The van der Waals surface area contributed by atoms with Gasteiger partial charge in [-0.05, 0) is 24.6 Å². The number of morpholine rings is 1. The molecule has 1 aromatic rings. The van der Waals surface area contributed by atoms with Crippen LogP contribution in [0, 0.1) is 0 Å². The van der Waals surface area contributed by atoms with E-state index in [-0.39, 0.29) is 6.04 Å². The van der Waals surface area contributed by atoms with E-state index in [1.807, 2.05) is 19.1 Å². The van der Waals surface area contributed by atoms with Crippen LogP contribution in [0.3, 0.4) is 0 Å². The van der Waals surface area contributed by atoms with Crippen molar-refractivity contribution in [1.29, 1.82) is 0 Å². The summed E-state index contributed by atoms with van der Waals surface area (Å²) in [6, 6.07) is 6.97. The molecule has 0 aromatic heterocycles. The first-order valence-electron chi connectivity index (χ1n) is 6.49. The minimum absolute atomic E-state index is 0.250. The maximum Gasteiger partial charge on any atom is 0.282 e. The molecule has 2 rings (SSSR count). The first kappa shape index (κ1) is 15.7. The van der Waals surface area contributed by atoms with Crippen LogP contribution in [0.2, 0.25) is 5.02 Å². The second-order valence-corrected chi connectivity index (χ2v) is 7.19. The van der Waals surface area contributed by atoms with Gasteiger partial charge in [-0.25, -0.2) is 0 Å². The van der Waals surface area contributed by atoms with Gasteiger partial charge in [0.25, 0.3) is 10.2 Å². The largest absolute Gasteiger partial charge is 0.379 e. The zero-order valence-electron chi connectivity index (χ0n) is 11.6. The van der Waals surface area contributed by atoms with Crippen molar-refractivity contribution >= 4 is 21.8 Å². The predicted octanol–water partition coefficient (Wildman–Crippen LogP) is 1.91. The van der Waals surface area contributed by atoms with Crippen LogP contribution in [0.5, 0.6) is 0 Å². The van der Waals surface area contributed by atoms with Crippen molar-refractivity contribution in [1.82, 2.24) is 8.61 Å². The van der Waals surface area contributed by atoms with Gasteiger partial charge in [0.2, 0.25) is 0 Å². The van der Waals surface area contributed by atoms with Crippen molar-refractivity contribution < 1.29 is 13.2 Å². The van der Waals surface area contributed by atoms with E-state index >= 15 is 0 Å². The van der Waals surface area contributed by atoms with Crippen LogP contribution in [0.15, 0.2) is 24.3 Å². The quantitative estimate of drug-likeness (QED) is 0.852. The predicted molar refractivity (Wildman–Crippen MR) is 78.9 cm³/mol. The van der Waals surface area contributed by atoms with E-state index in [0.29, 0.717) is 31.3 Å². The molecule has 0 spiro atoms. The molecule has 5 nitrogen and oxygen atoms in total. The number of benzene rings is 1.